The number of hydrogen-bond acceptors (Lipinski definition) is 2. The fraction of sp³-hybridized carbons (Fsp3) is 0.333. The second kappa shape index (κ2) is 6.06. The molecule has 0 amide bonds. The Labute approximate surface area is 84.5 Å². The van der Waals surface area contributed by atoms with E-state index in [1.54, 1.807) is 0 Å². The Morgan fingerprint density at radius 1 is 1.43 bits per heavy atom. The SMILES string of the molecule is CCOc1cccc(C#CCCO)c1. The van der Waals surface area contributed by atoms with E-state index in [-0.39, 0.29) is 6.61 Å². The van der Waals surface area contributed by atoms with Crippen LogP contribution in [0.2, 0.25) is 0 Å². The number of hydrogen-bond donors (Lipinski definition) is 1. The summed E-state index contributed by atoms with van der Waals surface area (Å²) in [4.78, 5) is 0. The molecule has 0 atom stereocenters. The summed E-state index contributed by atoms with van der Waals surface area (Å²) in [6.07, 6.45) is 0.513. The van der Waals surface area contributed by atoms with E-state index in [2.05, 4.69) is 11.8 Å². The Balaban J connectivity index is 2.69. The van der Waals surface area contributed by atoms with Crippen LogP contribution in [0, 0.1) is 11.8 Å². The molecule has 0 aromatic heterocycles. The lowest BCUT2D eigenvalue weighted by Gasteiger charge is -2.01. The van der Waals surface area contributed by atoms with Gasteiger partial charge in [0.15, 0.2) is 0 Å². The molecular weight excluding hydrogens is 176 g/mol. The molecule has 0 fully saturated rings. The number of rotatable bonds is 3. The normalized spacial score (nSPS) is 9.00. The van der Waals surface area contributed by atoms with Crippen molar-refractivity contribution in [2.24, 2.45) is 0 Å². The van der Waals surface area contributed by atoms with Crippen LogP contribution in [0.15, 0.2) is 24.3 Å². The van der Waals surface area contributed by atoms with Crippen molar-refractivity contribution in [1.82, 2.24) is 0 Å². The van der Waals surface area contributed by atoms with Gasteiger partial charge in [0.1, 0.15) is 5.75 Å². The molecule has 1 aromatic carbocycles. The van der Waals surface area contributed by atoms with Gasteiger partial charge in [-0.05, 0) is 25.1 Å². The first-order valence-corrected chi connectivity index (χ1v) is 4.69. The monoisotopic (exact) mass is 190 g/mol. The van der Waals surface area contributed by atoms with Gasteiger partial charge in [-0.15, -0.1) is 0 Å². The molecule has 0 saturated carbocycles. The van der Waals surface area contributed by atoms with Gasteiger partial charge in [-0.3, -0.25) is 0 Å². The molecule has 0 saturated heterocycles. The summed E-state index contributed by atoms with van der Waals surface area (Å²) in [6.45, 7) is 2.72. The van der Waals surface area contributed by atoms with Crippen molar-refractivity contribution in [2.75, 3.05) is 13.2 Å². The second-order valence-electron chi connectivity index (χ2n) is 2.74. The third-order valence-corrected chi connectivity index (χ3v) is 1.61. The van der Waals surface area contributed by atoms with Crippen LogP contribution in [0.3, 0.4) is 0 Å². The lowest BCUT2D eigenvalue weighted by Crippen LogP contribution is -1.91. The average molecular weight is 190 g/mol. The summed E-state index contributed by atoms with van der Waals surface area (Å²) in [6, 6.07) is 7.63. The molecule has 0 heterocycles. The van der Waals surface area contributed by atoms with Gasteiger partial charge in [0.05, 0.1) is 13.2 Å². The molecule has 1 N–H and O–H groups in total. The smallest absolute Gasteiger partial charge is 0.120 e. The minimum atomic E-state index is 0.109. The molecule has 0 aliphatic carbocycles. The van der Waals surface area contributed by atoms with Gasteiger partial charge < -0.3 is 9.84 Å². The van der Waals surface area contributed by atoms with Crippen LogP contribution in [0.4, 0.5) is 0 Å². The Kier molecular flexibility index (Phi) is 4.60. The van der Waals surface area contributed by atoms with Gasteiger partial charge in [0, 0.05) is 12.0 Å². The van der Waals surface area contributed by atoms with E-state index in [1.807, 2.05) is 31.2 Å². The van der Waals surface area contributed by atoms with Crippen molar-refractivity contribution < 1.29 is 9.84 Å². The van der Waals surface area contributed by atoms with Gasteiger partial charge in [-0.2, -0.15) is 0 Å². The molecule has 1 rings (SSSR count). The summed E-state index contributed by atoms with van der Waals surface area (Å²) in [7, 11) is 0. The molecule has 14 heavy (non-hydrogen) atoms. The lowest BCUT2D eigenvalue weighted by atomic mass is 10.2. The van der Waals surface area contributed by atoms with E-state index in [1.165, 1.54) is 0 Å². The Bertz CT molecular complexity index is 334. The zero-order valence-corrected chi connectivity index (χ0v) is 8.29. The van der Waals surface area contributed by atoms with E-state index in [9.17, 15) is 0 Å². The van der Waals surface area contributed by atoms with Crippen LogP contribution in [0.1, 0.15) is 18.9 Å². The fourth-order valence-electron chi connectivity index (χ4n) is 1.05. The highest BCUT2D eigenvalue weighted by Crippen LogP contribution is 2.12. The van der Waals surface area contributed by atoms with E-state index < -0.39 is 0 Å². The first kappa shape index (κ1) is 10.6. The second-order valence-corrected chi connectivity index (χ2v) is 2.74. The molecule has 0 unspecified atom stereocenters. The Morgan fingerprint density at radius 2 is 2.29 bits per heavy atom. The Morgan fingerprint density at radius 3 is 3.00 bits per heavy atom. The van der Waals surface area contributed by atoms with Gasteiger partial charge in [0.25, 0.3) is 0 Å². The maximum absolute atomic E-state index is 8.56. The van der Waals surface area contributed by atoms with Crippen LogP contribution in [0.25, 0.3) is 0 Å². The van der Waals surface area contributed by atoms with E-state index in [0.29, 0.717) is 13.0 Å². The standard InChI is InChI=1S/C12H14O2/c1-2-14-12-8-5-7-11(10-12)6-3-4-9-13/h5,7-8,10,13H,2,4,9H2,1H3. The van der Waals surface area contributed by atoms with Crippen LogP contribution in [0.5, 0.6) is 5.75 Å². The molecule has 74 valence electrons. The van der Waals surface area contributed by atoms with E-state index in [4.69, 9.17) is 9.84 Å². The number of aliphatic hydroxyl groups is 1. The highest BCUT2D eigenvalue weighted by molar-refractivity contribution is 5.39. The molecule has 1 aromatic rings. The van der Waals surface area contributed by atoms with Crippen molar-refractivity contribution in [2.45, 2.75) is 13.3 Å². The van der Waals surface area contributed by atoms with Crippen LogP contribution in [-0.2, 0) is 0 Å². The van der Waals surface area contributed by atoms with Gasteiger partial charge in [0.2, 0.25) is 0 Å². The van der Waals surface area contributed by atoms with Crippen molar-refractivity contribution >= 4 is 0 Å². The summed E-state index contributed by atoms with van der Waals surface area (Å²) in [5, 5.41) is 8.56. The summed E-state index contributed by atoms with van der Waals surface area (Å²) in [5.74, 6) is 6.66. The number of benzene rings is 1. The summed E-state index contributed by atoms with van der Waals surface area (Å²) >= 11 is 0. The highest BCUT2D eigenvalue weighted by Gasteiger charge is 1.91. The third-order valence-electron chi connectivity index (χ3n) is 1.61. The first-order valence-electron chi connectivity index (χ1n) is 4.69. The number of aliphatic hydroxyl groups excluding tert-OH is 1. The molecule has 0 bridgehead atoms. The molecule has 0 radical (unpaired) electrons. The first-order chi connectivity index (χ1) is 6.86. The third kappa shape index (κ3) is 3.51. The molecule has 0 aliphatic rings. The maximum atomic E-state index is 8.56. The zero-order valence-electron chi connectivity index (χ0n) is 8.29. The summed E-state index contributed by atoms with van der Waals surface area (Å²) in [5.41, 5.74) is 0.921. The van der Waals surface area contributed by atoms with Crippen molar-refractivity contribution in [3.63, 3.8) is 0 Å². The van der Waals surface area contributed by atoms with E-state index in [0.717, 1.165) is 11.3 Å². The topological polar surface area (TPSA) is 29.5 Å². The quantitative estimate of drug-likeness (QED) is 0.737. The minimum absolute atomic E-state index is 0.109. The average Bonchev–Trinajstić information content (AvgIpc) is 2.19. The molecule has 2 nitrogen and oxygen atoms in total. The fourth-order valence-corrected chi connectivity index (χ4v) is 1.05. The van der Waals surface area contributed by atoms with Gasteiger partial charge >= 0.3 is 0 Å². The Hall–Kier alpha value is -1.46. The molecular formula is C12H14O2. The molecule has 0 aliphatic heterocycles. The lowest BCUT2D eigenvalue weighted by molar-refractivity contribution is 0.305. The number of ether oxygens (including phenoxy) is 1. The van der Waals surface area contributed by atoms with Crippen LogP contribution >= 0.6 is 0 Å². The highest BCUT2D eigenvalue weighted by atomic mass is 16.5. The predicted octanol–water partition coefficient (Wildman–Crippen LogP) is 1.82. The summed E-state index contributed by atoms with van der Waals surface area (Å²) < 4.78 is 5.34. The predicted molar refractivity (Wildman–Crippen MR) is 56.2 cm³/mol. The largest absolute Gasteiger partial charge is 0.494 e. The van der Waals surface area contributed by atoms with Crippen molar-refractivity contribution in [3.05, 3.63) is 29.8 Å². The van der Waals surface area contributed by atoms with Crippen molar-refractivity contribution in [1.29, 1.82) is 0 Å². The van der Waals surface area contributed by atoms with Gasteiger partial charge in [-0.1, -0.05) is 17.9 Å². The van der Waals surface area contributed by atoms with Crippen LogP contribution < -0.4 is 4.74 Å². The van der Waals surface area contributed by atoms with Crippen LogP contribution in [-0.4, -0.2) is 18.3 Å². The van der Waals surface area contributed by atoms with Gasteiger partial charge in [-0.25, -0.2) is 0 Å². The molecule has 0 spiro atoms. The molecule has 2 heteroatoms. The van der Waals surface area contributed by atoms with Crippen molar-refractivity contribution in [3.8, 4) is 17.6 Å². The zero-order chi connectivity index (χ0) is 10.2. The maximum Gasteiger partial charge on any atom is 0.120 e. The van der Waals surface area contributed by atoms with E-state index >= 15 is 0 Å². The minimum Gasteiger partial charge on any atom is -0.494 e.